The minimum absolute atomic E-state index is 0.0273. The maximum atomic E-state index is 13.4. The molecule has 0 fully saturated rings. The first-order chi connectivity index (χ1) is 16.3. The third-order valence-electron chi connectivity index (χ3n) is 5.02. The number of amides is 1. The Balaban J connectivity index is 1.72. The summed E-state index contributed by atoms with van der Waals surface area (Å²) in [7, 11) is -0.908. The van der Waals surface area contributed by atoms with Gasteiger partial charge in [-0.05, 0) is 54.1 Å². The van der Waals surface area contributed by atoms with E-state index >= 15 is 0 Å². The average Bonchev–Trinajstić information content (AvgIpc) is 3.29. The number of pyridine rings is 1. The Kier molecular flexibility index (Phi) is 7.01. The molecule has 0 saturated heterocycles. The maximum absolute atomic E-state index is 13.4. The zero-order valence-electron chi connectivity index (χ0n) is 18.3. The quantitative estimate of drug-likeness (QED) is 0.342. The van der Waals surface area contributed by atoms with Crippen LogP contribution < -0.4 is 14.4 Å². The van der Waals surface area contributed by atoms with Gasteiger partial charge in [-0.1, -0.05) is 22.9 Å². The number of methoxy groups -OCH3 is 2. The molecule has 0 saturated carbocycles. The Hall–Kier alpha value is -3.21. The topological polar surface area (TPSA) is 98.7 Å². The lowest BCUT2D eigenvalue weighted by molar-refractivity contribution is -0.116. The van der Waals surface area contributed by atoms with Crippen molar-refractivity contribution in [1.29, 1.82) is 0 Å². The number of carbonyl (C=O) groups is 1. The molecule has 0 atom stereocenters. The minimum atomic E-state index is -3.91. The van der Waals surface area contributed by atoms with Crippen LogP contribution in [0.25, 0.3) is 10.2 Å². The number of benzene rings is 2. The van der Waals surface area contributed by atoms with Crippen molar-refractivity contribution in [1.82, 2.24) is 9.97 Å². The number of hydrogen-bond acceptors (Lipinski definition) is 8. The normalized spacial score (nSPS) is 11.4. The van der Waals surface area contributed by atoms with Crippen molar-refractivity contribution >= 4 is 54.0 Å². The van der Waals surface area contributed by atoms with Gasteiger partial charge in [-0.2, -0.15) is 0 Å². The molecule has 0 N–H and O–H groups in total. The molecule has 0 bridgehead atoms. The monoisotopic (exact) mass is 517 g/mol. The Morgan fingerprint density at radius 2 is 1.74 bits per heavy atom. The van der Waals surface area contributed by atoms with Gasteiger partial charge in [0.2, 0.25) is 5.91 Å². The van der Waals surface area contributed by atoms with Crippen LogP contribution in [0.1, 0.15) is 5.56 Å². The fourth-order valence-corrected chi connectivity index (χ4v) is 5.73. The van der Waals surface area contributed by atoms with Crippen LogP contribution >= 0.6 is 22.9 Å². The minimum Gasteiger partial charge on any atom is -0.497 e. The third kappa shape index (κ3) is 4.98. The summed E-state index contributed by atoms with van der Waals surface area (Å²) in [5, 5.41) is 0.773. The summed E-state index contributed by atoms with van der Waals surface area (Å²) in [6.45, 7) is 0.110. The highest BCUT2D eigenvalue weighted by molar-refractivity contribution is 7.92. The number of aromatic nitrogens is 2. The Morgan fingerprint density at radius 3 is 2.38 bits per heavy atom. The molecule has 2 aromatic heterocycles. The van der Waals surface area contributed by atoms with Gasteiger partial charge in [-0.3, -0.25) is 14.7 Å². The van der Waals surface area contributed by atoms with Crippen LogP contribution in [0.4, 0.5) is 5.13 Å². The van der Waals surface area contributed by atoms with Crippen molar-refractivity contribution in [2.45, 2.75) is 11.4 Å². The lowest BCUT2D eigenvalue weighted by Crippen LogP contribution is -2.35. The van der Waals surface area contributed by atoms with E-state index in [4.69, 9.17) is 21.1 Å². The number of rotatable bonds is 8. The zero-order valence-corrected chi connectivity index (χ0v) is 20.7. The number of carbonyl (C=O) groups excluding carboxylic acids is 1. The van der Waals surface area contributed by atoms with E-state index < -0.39 is 21.5 Å². The lowest BCUT2D eigenvalue weighted by Gasteiger charge is -2.20. The lowest BCUT2D eigenvalue weighted by atomic mass is 10.2. The summed E-state index contributed by atoms with van der Waals surface area (Å²) in [6.07, 6.45) is 3.20. The standard InChI is InChI=1S/C23H20ClN3O5S2/c1-31-16-3-5-17(6-4-16)34(29,30)14-20(28)27(13-15-9-11-25-12-10-15)23-26-21-19(32-2)8-7-18(24)22(21)33-23/h3-12H,13-14H2,1-2H3. The molecule has 8 nitrogen and oxygen atoms in total. The van der Waals surface area contributed by atoms with E-state index in [0.29, 0.717) is 31.9 Å². The fourth-order valence-electron chi connectivity index (χ4n) is 3.26. The number of nitrogens with zero attached hydrogens (tertiary/aromatic N) is 3. The van der Waals surface area contributed by atoms with E-state index in [1.54, 1.807) is 36.7 Å². The van der Waals surface area contributed by atoms with Crippen molar-refractivity contribution in [2.75, 3.05) is 24.9 Å². The Morgan fingerprint density at radius 1 is 1.03 bits per heavy atom. The largest absolute Gasteiger partial charge is 0.497 e. The third-order valence-corrected chi connectivity index (χ3v) is 8.18. The SMILES string of the molecule is COc1ccc(S(=O)(=O)CC(=O)N(Cc2ccncc2)c2nc3c(OC)ccc(Cl)c3s2)cc1. The summed E-state index contributed by atoms with van der Waals surface area (Å²) in [4.78, 5) is 23.3. The second-order valence-corrected chi connectivity index (χ2v) is 10.6. The molecule has 176 valence electrons. The van der Waals surface area contributed by atoms with Crippen molar-refractivity contribution in [3.05, 3.63) is 71.5 Å². The number of thiazole rings is 1. The van der Waals surface area contributed by atoms with Gasteiger partial charge in [0.25, 0.3) is 0 Å². The first kappa shape index (κ1) is 23.9. The van der Waals surface area contributed by atoms with E-state index in [1.807, 2.05) is 0 Å². The number of hydrogen-bond donors (Lipinski definition) is 0. The van der Waals surface area contributed by atoms with Crippen LogP contribution in [-0.4, -0.2) is 44.3 Å². The number of sulfone groups is 1. The van der Waals surface area contributed by atoms with Gasteiger partial charge >= 0.3 is 0 Å². The molecule has 0 unspecified atom stereocenters. The number of halogens is 1. The van der Waals surface area contributed by atoms with Gasteiger partial charge in [0.05, 0.1) is 35.4 Å². The van der Waals surface area contributed by atoms with E-state index in [2.05, 4.69) is 9.97 Å². The summed E-state index contributed by atoms with van der Waals surface area (Å²) in [5.74, 6) is -0.332. The predicted octanol–water partition coefficient (Wildman–Crippen LogP) is 4.37. The van der Waals surface area contributed by atoms with Crippen molar-refractivity contribution in [2.24, 2.45) is 0 Å². The van der Waals surface area contributed by atoms with Crippen LogP contribution in [0.15, 0.2) is 65.8 Å². The van der Waals surface area contributed by atoms with Crippen LogP contribution in [-0.2, 0) is 21.2 Å². The van der Waals surface area contributed by atoms with Gasteiger partial charge in [0, 0.05) is 12.4 Å². The van der Waals surface area contributed by atoms with Gasteiger partial charge < -0.3 is 9.47 Å². The van der Waals surface area contributed by atoms with Crippen LogP contribution in [0.3, 0.4) is 0 Å². The molecule has 4 rings (SSSR count). The van der Waals surface area contributed by atoms with E-state index in [0.717, 1.165) is 5.56 Å². The van der Waals surface area contributed by atoms with Crippen molar-refractivity contribution in [3.8, 4) is 11.5 Å². The second kappa shape index (κ2) is 9.96. The highest BCUT2D eigenvalue weighted by atomic mass is 35.5. The smallest absolute Gasteiger partial charge is 0.244 e. The van der Waals surface area contributed by atoms with E-state index in [9.17, 15) is 13.2 Å². The van der Waals surface area contributed by atoms with Gasteiger partial charge in [-0.15, -0.1) is 0 Å². The molecule has 4 aromatic rings. The van der Waals surface area contributed by atoms with Gasteiger partial charge in [-0.25, -0.2) is 13.4 Å². The van der Waals surface area contributed by atoms with Gasteiger partial charge in [0.1, 0.15) is 22.8 Å². The van der Waals surface area contributed by atoms with Crippen LogP contribution in [0, 0.1) is 0 Å². The summed E-state index contributed by atoms with van der Waals surface area (Å²) >= 11 is 7.54. The fraction of sp³-hybridized carbons (Fsp3) is 0.174. The van der Waals surface area contributed by atoms with E-state index in [-0.39, 0.29) is 11.4 Å². The number of ether oxygens (including phenoxy) is 2. The molecule has 0 aliphatic heterocycles. The summed E-state index contributed by atoms with van der Waals surface area (Å²) in [6, 6.07) is 12.8. The first-order valence-electron chi connectivity index (χ1n) is 10.0. The molecule has 0 aliphatic carbocycles. The zero-order chi connectivity index (χ0) is 24.3. The predicted molar refractivity (Wildman–Crippen MR) is 132 cm³/mol. The highest BCUT2D eigenvalue weighted by Gasteiger charge is 2.27. The molecule has 34 heavy (non-hydrogen) atoms. The highest BCUT2D eigenvalue weighted by Crippen LogP contribution is 2.39. The van der Waals surface area contributed by atoms with Crippen molar-refractivity contribution in [3.63, 3.8) is 0 Å². The number of anilines is 1. The Labute approximate surface area is 205 Å². The molecule has 0 aliphatic rings. The molecule has 2 heterocycles. The number of fused-ring (bicyclic) bond motifs is 1. The van der Waals surface area contributed by atoms with Crippen LogP contribution in [0.5, 0.6) is 11.5 Å². The second-order valence-electron chi connectivity index (χ2n) is 7.19. The maximum Gasteiger partial charge on any atom is 0.244 e. The summed E-state index contributed by atoms with van der Waals surface area (Å²) in [5.41, 5.74) is 1.27. The molecule has 0 radical (unpaired) electrons. The molecule has 1 amide bonds. The van der Waals surface area contributed by atoms with Crippen LogP contribution in [0.2, 0.25) is 5.02 Å². The first-order valence-corrected chi connectivity index (χ1v) is 12.9. The molecule has 2 aromatic carbocycles. The Bertz CT molecular complexity index is 1420. The summed E-state index contributed by atoms with van der Waals surface area (Å²) < 4.78 is 37.1. The molecule has 11 heteroatoms. The molecular weight excluding hydrogens is 498 g/mol. The van der Waals surface area contributed by atoms with Crippen molar-refractivity contribution < 1.29 is 22.7 Å². The van der Waals surface area contributed by atoms with E-state index in [1.165, 1.54) is 54.7 Å². The molecular formula is C23H20ClN3O5S2. The molecule has 0 spiro atoms. The van der Waals surface area contributed by atoms with Gasteiger partial charge in [0.15, 0.2) is 15.0 Å². The average molecular weight is 518 g/mol.